The summed E-state index contributed by atoms with van der Waals surface area (Å²) in [7, 11) is -5.66. The SMILES string of the molecule is O=P(O)(O)OCC12COP(OC1)OC2. The van der Waals surface area contributed by atoms with E-state index < -0.39 is 21.8 Å². The second kappa shape index (κ2) is 3.77. The van der Waals surface area contributed by atoms with Crippen molar-refractivity contribution in [1.29, 1.82) is 0 Å². The molecule has 3 heterocycles. The van der Waals surface area contributed by atoms with Gasteiger partial charge >= 0.3 is 16.4 Å². The van der Waals surface area contributed by atoms with Crippen LogP contribution in [0.25, 0.3) is 0 Å². The maximum Gasteiger partial charge on any atom is 0.469 e. The first-order valence-corrected chi connectivity index (χ1v) is 6.51. The number of hydrogen-bond acceptors (Lipinski definition) is 5. The fourth-order valence-electron chi connectivity index (χ4n) is 1.15. The normalized spacial score (nSPS) is 37.4. The minimum absolute atomic E-state index is 0.125. The Hall–Kier alpha value is 0.420. The molecule has 0 unspecified atom stereocenters. The molecule has 3 fully saturated rings. The first kappa shape index (κ1) is 10.9. The zero-order valence-corrected chi connectivity index (χ0v) is 8.95. The Morgan fingerprint density at radius 3 is 2.21 bits per heavy atom. The van der Waals surface area contributed by atoms with E-state index in [9.17, 15) is 4.57 Å². The lowest BCUT2D eigenvalue weighted by atomic mass is 9.93. The van der Waals surface area contributed by atoms with Crippen molar-refractivity contribution in [3.8, 4) is 0 Å². The van der Waals surface area contributed by atoms with Crippen molar-refractivity contribution in [3.63, 3.8) is 0 Å². The second-order valence-electron chi connectivity index (χ2n) is 3.31. The predicted molar refractivity (Wildman–Crippen MR) is 45.2 cm³/mol. The van der Waals surface area contributed by atoms with Crippen LogP contribution in [0.3, 0.4) is 0 Å². The Labute approximate surface area is 81.5 Å². The molecule has 2 bridgehead atoms. The molecule has 2 N–H and O–H groups in total. The van der Waals surface area contributed by atoms with Crippen LogP contribution in [0, 0.1) is 5.41 Å². The van der Waals surface area contributed by atoms with Gasteiger partial charge in [0.2, 0.25) is 0 Å². The van der Waals surface area contributed by atoms with E-state index in [2.05, 4.69) is 4.52 Å². The van der Waals surface area contributed by atoms with Crippen LogP contribution in [-0.2, 0) is 22.7 Å². The number of phosphoric acid groups is 1. The van der Waals surface area contributed by atoms with E-state index in [1.807, 2.05) is 0 Å². The highest BCUT2D eigenvalue weighted by molar-refractivity contribution is 7.46. The Morgan fingerprint density at radius 2 is 1.79 bits per heavy atom. The topological polar surface area (TPSA) is 94.5 Å². The van der Waals surface area contributed by atoms with E-state index in [1.54, 1.807) is 0 Å². The van der Waals surface area contributed by atoms with Gasteiger partial charge in [0.1, 0.15) is 0 Å². The van der Waals surface area contributed by atoms with Gasteiger partial charge in [-0.2, -0.15) is 0 Å². The van der Waals surface area contributed by atoms with Gasteiger partial charge in [0.05, 0.1) is 31.8 Å². The highest BCUT2D eigenvalue weighted by Crippen LogP contribution is 2.54. The van der Waals surface area contributed by atoms with E-state index in [4.69, 9.17) is 23.4 Å². The number of fused-ring (bicyclic) bond motifs is 3. The van der Waals surface area contributed by atoms with Gasteiger partial charge in [-0.3, -0.25) is 4.52 Å². The van der Waals surface area contributed by atoms with Crippen LogP contribution in [0.1, 0.15) is 0 Å². The molecule has 0 aliphatic carbocycles. The summed E-state index contributed by atoms with van der Waals surface area (Å²) in [5.74, 6) is 0. The van der Waals surface area contributed by atoms with Crippen molar-refractivity contribution in [3.05, 3.63) is 0 Å². The average Bonchev–Trinajstić information content (AvgIpc) is 2.17. The maximum absolute atomic E-state index is 10.5. The van der Waals surface area contributed by atoms with Crippen molar-refractivity contribution in [2.75, 3.05) is 26.4 Å². The van der Waals surface area contributed by atoms with Gasteiger partial charge in [0.15, 0.2) is 0 Å². The Morgan fingerprint density at radius 1 is 1.29 bits per heavy atom. The first-order valence-electron chi connectivity index (χ1n) is 3.88. The van der Waals surface area contributed by atoms with Gasteiger partial charge in [-0.25, -0.2) is 4.57 Å². The largest absolute Gasteiger partial charge is 0.469 e. The molecule has 3 rings (SSSR count). The lowest BCUT2D eigenvalue weighted by Gasteiger charge is -2.43. The van der Waals surface area contributed by atoms with Gasteiger partial charge in [-0.15, -0.1) is 0 Å². The predicted octanol–water partition coefficient (Wildman–Crippen LogP) is 0.386. The van der Waals surface area contributed by atoms with Crippen molar-refractivity contribution in [2.24, 2.45) is 5.41 Å². The molecule has 3 aliphatic heterocycles. The standard InChI is InChI=1S/C5H10O7P2/c6-14(7,8)12-4-5-1-9-13(10-2-5)11-3-5/h1-4H2,(H2,6,7,8). The molecule has 0 atom stereocenters. The van der Waals surface area contributed by atoms with Crippen LogP contribution in [0.4, 0.5) is 0 Å². The molecule has 7 nitrogen and oxygen atoms in total. The van der Waals surface area contributed by atoms with Crippen LogP contribution in [-0.4, -0.2) is 36.2 Å². The minimum atomic E-state index is -4.43. The molecule has 14 heavy (non-hydrogen) atoms. The summed E-state index contributed by atoms with van der Waals surface area (Å²) in [5, 5.41) is 0. The van der Waals surface area contributed by atoms with E-state index in [0.29, 0.717) is 19.8 Å². The third-order valence-electron chi connectivity index (χ3n) is 1.97. The van der Waals surface area contributed by atoms with Crippen molar-refractivity contribution in [1.82, 2.24) is 0 Å². The van der Waals surface area contributed by atoms with Crippen molar-refractivity contribution < 1.29 is 32.4 Å². The van der Waals surface area contributed by atoms with E-state index in [1.165, 1.54) is 0 Å². The fraction of sp³-hybridized carbons (Fsp3) is 1.00. The monoisotopic (exact) mass is 244 g/mol. The molecule has 3 aliphatic rings. The Kier molecular flexibility index (Phi) is 2.94. The van der Waals surface area contributed by atoms with Crippen molar-refractivity contribution in [2.45, 2.75) is 0 Å². The molecule has 0 aromatic carbocycles. The van der Waals surface area contributed by atoms with Gasteiger partial charge in [0, 0.05) is 0 Å². The van der Waals surface area contributed by atoms with Crippen LogP contribution < -0.4 is 0 Å². The molecule has 0 amide bonds. The van der Waals surface area contributed by atoms with E-state index in [0.717, 1.165) is 0 Å². The van der Waals surface area contributed by atoms with Crippen LogP contribution in [0.15, 0.2) is 0 Å². The fourth-order valence-corrected chi connectivity index (χ4v) is 2.96. The van der Waals surface area contributed by atoms with Gasteiger partial charge < -0.3 is 23.4 Å². The zero-order chi connectivity index (χ0) is 10.2. The third kappa shape index (κ3) is 2.51. The molecular formula is C5H10O7P2. The second-order valence-corrected chi connectivity index (χ2v) is 5.77. The third-order valence-corrected chi connectivity index (χ3v) is 3.45. The number of rotatable bonds is 3. The highest BCUT2D eigenvalue weighted by atomic mass is 31.2. The molecular weight excluding hydrogens is 234 g/mol. The highest BCUT2D eigenvalue weighted by Gasteiger charge is 2.46. The number of hydrogen-bond donors (Lipinski definition) is 2. The molecule has 9 heteroatoms. The van der Waals surface area contributed by atoms with E-state index in [-0.39, 0.29) is 6.61 Å². The lowest BCUT2D eigenvalue weighted by molar-refractivity contribution is -0.0947. The van der Waals surface area contributed by atoms with Crippen LogP contribution in [0.2, 0.25) is 0 Å². The van der Waals surface area contributed by atoms with Crippen LogP contribution in [0.5, 0.6) is 0 Å². The summed E-state index contributed by atoms with van der Waals surface area (Å²) in [6.45, 7) is 0.955. The minimum Gasteiger partial charge on any atom is -0.311 e. The van der Waals surface area contributed by atoms with E-state index >= 15 is 0 Å². The molecule has 0 radical (unpaired) electrons. The molecule has 82 valence electrons. The average molecular weight is 244 g/mol. The smallest absolute Gasteiger partial charge is 0.311 e. The number of phosphoric ester groups is 1. The molecule has 3 saturated heterocycles. The zero-order valence-electron chi connectivity index (χ0n) is 7.16. The summed E-state index contributed by atoms with van der Waals surface area (Å²) in [6, 6.07) is 0. The van der Waals surface area contributed by atoms with Crippen LogP contribution >= 0.6 is 16.4 Å². The molecule has 0 aromatic heterocycles. The summed E-state index contributed by atoms with van der Waals surface area (Å²) < 4.78 is 30.3. The summed E-state index contributed by atoms with van der Waals surface area (Å²) >= 11 is 0. The maximum atomic E-state index is 10.5. The Balaban J connectivity index is 1.92. The van der Waals surface area contributed by atoms with Gasteiger partial charge in [0.25, 0.3) is 0 Å². The van der Waals surface area contributed by atoms with Gasteiger partial charge in [-0.1, -0.05) is 0 Å². The summed E-state index contributed by atoms with van der Waals surface area (Å²) in [6.07, 6.45) is 0. The lowest BCUT2D eigenvalue weighted by Crippen LogP contribution is -2.46. The molecule has 0 spiro atoms. The molecule has 0 saturated carbocycles. The molecule has 0 aromatic rings. The first-order chi connectivity index (χ1) is 6.49. The quantitative estimate of drug-likeness (QED) is 0.693. The summed E-state index contributed by atoms with van der Waals surface area (Å²) in [4.78, 5) is 17.1. The Bertz CT molecular complexity index is 241. The summed E-state index contributed by atoms with van der Waals surface area (Å²) in [5.41, 5.74) is -0.571. The van der Waals surface area contributed by atoms with Gasteiger partial charge in [-0.05, 0) is 0 Å². The van der Waals surface area contributed by atoms with Crippen molar-refractivity contribution >= 4 is 16.4 Å².